The van der Waals surface area contributed by atoms with Crippen molar-refractivity contribution < 1.29 is 0 Å². The van der Waals surface area contributed by atoms with Gasteiger partial charge in [0.15, 0.2) is 0 Å². The van der Waals surface area contributed by atoms with Gasteiger partial charge in [-0.15, -0.1) is 0 Å². The molecule has 1 saturated heterocycles. The van der Waals surface area contributed by atoms with Gasteiger partial charge < -0.3 is 5.32 Å². The van der Waals surface area contributed by atoms with Crippen molar-refractivity contribution in [2.75, 3.05) is 12.3 Å². The molecule has 2 fully saturated rings. The molecular weight excluding hydrogens is 202 g/mol. The summed E-state index contributed by atoms with van der Waals surface area (Å²) in [7, 11) is 0. The van der Waals surface area contributed by atoms with Crippen LogP contribution in [-0.2, 0) is 0 Å². The Balaban J connectivity index is 1.69. The van der Waals surface area contributed by atoms with Crippen molar-refractivity contribution in [1.82, 2.24) is 5.32 Å². The summed E-state index contributed by atoms with van der Waals surface area (Å²) >= 11 is 2.17. The van der Waals surface area contributed by atoms with Gasteiger partial charge in [0.2, 0.25) is 0 Å². The molecule has 1 N–H and O–H groups in total. The lowest BCUT2D eigenvalue weighted by Gasteiger charge is -2.34. The first-order valence-electron chi connectivity index (χ1n) is 6.60. The van der Waals surface area contributed by atoms with Crippen molar-refractivity contribution in [3.63, 3.8) is 0 Å². The third-order valence-electron chi connectivity index (χ3n) is 4.06. The molecule has 1 nitrogen and oxygen atoms in total. The third kappa shape index (κ3) is 3.39. The molecule has 2 aliphatic rings. The Hall–Kier alpha value is 0.310. The molecule has 2 heteroatoms. The first kappa shape index (κ1) is 11.8. The van der Waals surface area contributed by atoms with E-state index >= 15 is 0 Å². The third-order valence-corrected chi connectivity index (χ3v) is 5.46. The Kier molecular flexibility index (Phi) is 4.39. The smallest absolute Gasteiger partial charge is 0.0172 e. The molecule has 0 radical (unpaired) electrons. The fourth-order valence-corrected chi connectivity index (χ4v) is 4.27. The second-order valence-electron chi connectivity index (χ2n) is 5.55. The van der Waals surface area contributed by atoms with Crippen LogP contribution in [0.3, 0.4) is 0 Å². The Morgan fingerprint density at radius 1 is 1.20 bits per heavy atom. The largest absolute Gasteiger partial charge is 0.313 e. The summed E-state index contributed by atoms with van der Waals surface area (Å²) in [5, 5.41) is 4.73. The van der Waals surface area contributed by atoms with Gasteiger partial charge in [-0.05, 0) is 49.7 Å². The number of hydrogen-bond donors (Lipinski definition) is 1. The summed E-state index contributed by atoms with van der Waals surface area (Å²) in [5.41, 5.74) is 0. The molecule has 0 aromatic rings. The minimum Gasteiger partial charge on any atom is -0.313 e. The van der Waals surface area contributed by atoms with Gasteiger partial charge in [-0.1, -0.05) is 13.8 Å². The molecule has 0 bridgehead atoms. The summed E-state index contributed by atoms with van der Waals surface area (Å²) in [6.45, 7) is 6.09. The Morgan fingerprint density at radius 2 is 2.07 bits per heavy atom. The van der Waals surface area contributed by atoms with Gasteiger partial charge in [-0.2, -0.15) is 11.8 Å². The van der Waals surface area contributed by atoms with Gasteiger partial charge in [-0.3, -0.25) is 0 Å². The van der Waals surface area contributed by atoms with Crippen LogP contribution in [0.4, 0.5) is 0 Å². The molecule has 1 aliphatic carbocycles. The van der Waals surface area contributed by atoms with E-state index in [9.17, 15) is 0 Å². The van der Waals surface area contributed by atoms with Crippen LogP contribution in [0.25, 0.3) is 0 Å². The van der Waals surface area contributed by atoms with Crippen LogP contribution in [0.1, 0.15) is 46.0 Å². The van der Waals surface area contributed by atoms with Crippen LogP contribution in [0.15, 0.2) is 0 Å². The summed E-state index contributed by atoms with van der Waals surface area (Å²) in [6, 6.07) is 0.808. The maximum Gasteiger partial charge on any atom is 0.0172 e. The highest BCUT2D eigenvalue weighted by Gasteiger charge is 2.26. The van der Waals surface area contributed by atoms with Crippen LogP contribution >= 0.6 is 11.8 Å². The predicted molar refractivity (Wildman–Crippen MR) is 69.4 cm³/mol. The van der Waals surface area contributed by atoms with Gasteiger partial charge in [0.05, 0.1) is 0 Å². The second-order valence-corrected chi connectivity index (χ2v) is 6.95. The molecule has 1 saturated carbocycles. The van der Waals surface area contributed by atoms with Crippen molar-refractivity contribution in [1.29, 1.82) is 0 Å². The predicted octanol–water partition coefficient (Wildman–Crippen LogP) is 3.30. The minimum absolute atomic E-state index is 0.808. The van der Waals surface area contributed by atoms with Crippen molar-refractivity contribution >= 4 is 11.8 Å². The van der Waals surface area contributed by atoms with E-state index in [2.05, 4.69) is 30.9 Å². The molecule has 0 aromatic heterocycles. The molecule has 2 rings (SSSR count). The van der Waals surface area contributed by atoms with E-state index in [1.165, 1.54) is 44.4 Å². The fraction of sp³-hybridized carbons (Fsp3) is 1.00. The summed E-state index contributed by atoms with van der Waals surface area (Å²) in [6.07, 6.45) is 7.14. The minimum atomic E-state index is 0.808. The van der Waals surface area contributed by atoms with Crippen LogP contribution in [-0.4, -0.2) is 23.6 Å². The quantitative estimate of drug-likeness (QED) is 0.794. The van der Waals surface area contributed by atoms with E-state index in [1.54, 1.807) is 0 Å². The zero-order valence-corrected chi connectivity index (χ0v) is 11.0. The Morgan fingerprint density at radius 3 is 2.73 bits per heavy atom. The number of nitrogens with one attached hydrogen (secondary N) is 1. The number of hydrogen-bond acceptors (Lipinski definition) is 2. The zero-order chi connectivity index (χ0) is 10.7. The molecule has 0 amide bonds. The summed E-state index contributed by atoms with van der Waals surface area (Å²) in [4.78, 5) is 0. The Labute approximate surface area is 98.8 Å². The maximum atomic E-state index is 3.81. The molecule has 4 atom stereocenters. The van der Waals surface area contributed by atoms with Crippen LogP contribution in [0.2, 0.25) is 0 Å². The van der Waals surface area contributed by atoms with Gasteiger partial charge in [0.25, 0.3) is 0 Å². The van der Waals surface area contributed by atoms with E-state index in [-0.39, 0.29) is 0 Å². The number of thioether (sulfide) groups is 1. The van der Waals surface area contributed by atoms with Crippen molar-refractivity contribution in [3.05, 3.63) is 0 Å². The molecular formula is C13H25NS. The van der Waals surface area contributed by atoms with Crippen molar-refractivity contribution in [3.8, 4) is 0 Å². The molecule has 1 aliphatic heterocycles. The second kappa shape index (κ2) is 5.58. The van der Waals surface area contributed by atoms with Gasteiger partial charge >= 0.3 is 0 Å². The van der Waals surface area contributed by atoms with Gasteiger partial charge in [0, 0.05) is 17.8 Å². The highest BCUT2D eigenvalue weighted by molar-refractivity contribution is 8.00. The SMILES string of the molecule is CC1CCC(NCC2CCCS2)C(C)C1. The van der Waals surface area contributed by atoms with E-state index in [4.69, 9.17) is 0 Å². The topological polar surface area (TPSA) is 12.0 Å². The molecule has 88 valence electrons. The van der Waals surface area contributed by atoms with Crippen molar-refractivity contribution in [2.45, 2.75) is 57.2 Å². The van der Waals surface area contributed by atoms with E-state index < -0.39 is 0 Å². The standard InChI is InChI=1S/C13H25NS/c1-10-5-6-13(11(2)8-10)14-9-12-4-3-7-15-12/h10-14H,3-9H2,1-2H3. The van der Waals surface area contributed by atoms with Crippen LogP contribution in [0, 0.1) is 11.8 Å². The highest BCUT2D eigenvalue weighted by Crippen LogP contribution is 2.30. The van der Waals surface area contributed by atoms with E-state index in [1.807, 2.05) is 0 Å². The first-order valence-corrected chi connectivity index (χ1v) is 7.65. The zero-order valence-electron chi connectivity index (χ0n) is 10.2. The lowest BCUT2D eigenvalue weighted by Crippen LogP contribution is -2.41. The maximum absolute atomic E-state index is 3.81. The molecule has 1 heterocycles. The van der Waals surface area contributed by atoms with Crippen LogP contribution < -0.4 is 5.32 Å². The molecule has 0 aromatic carbocycles. The fourth-order valence-electron chi connectivity index (χ4n) is 3.06. The number of rotatable bonds is 3. The van der Waals surface area contributed by atoms with Crippen molar-refractivity contribution in [2.24, 2.45) is 11.8 Å². The molecule has 15 heavy (non-hydrogen) atoms. The molecule has 0 spiro atoms. The lowest BCUT2D eigenvalue weighted by molar-refractivity contribution is 0.229. The van der Waals surface area contributed by atoms with Gasteiger partial charge in [-0.25, -0.2) is 0 Å². The highest BCUT2D eigenvalue weighted by atomic mass is 32.2. The van der Waals surface area contributed by atoms with Crippen LogP contribution in [0.5, 0.6) is 0 Å². The van der Waals surface area contributed by atoms with Gasteiger partial charge in [0.1, 0.15) is 0 Å². The summed E-state index contributed by atoms with van der Waals surface area (Å²) in [5.74, 6) is 3.24. The average molecular weight is 227 g/mol. The lowest BCUT2D eigenvalue weighted by atomic mass is 9.80. The Bertz CT molecular complexity index is 189. The average Bonchev–Trinajstić information content (AvgIpc) is 2.69. The summed E-state index contributed by atoms with van der Waals surface area (Å²) < 4.78 is 0. The first-order chi connectivity index (χ1) is 7.25. The van der Waals surface area contributed by atoms with E-state index in [0.29, 0.717) is 0 Å². The van der Waals surface area contributed by atoms with E-state index in [0.717, 1.165) is 23.1 Å². The normalized spacial score (nSPS) is 42.0. The molecule has 4 unspecified atom stereocenters. The monoisotopic (exact) mass is 227 g/mol.